The number of hydrogen-bond acceptors (Lipinski definition) is 6. The van der Waals surface area contributed by atoms with Gasteiger partial charge in [0.2, 0.25) is 5.91 Å². The second-order valence-electron chi connectivity index (χ2n) is 7.21. The van der Waals surface area contributed by atoms with Crippen molar-refractivity contribution in [3.63, 3.8) is 0 Å². The van der Waals surface area contributed by atoms with Crippen molar-refractivity contribution in [2.75, 3.05) is 6.54 Å². The molecular formula is C23H24N2O6. The van der Waals surface area contributed by atoms with Crippen molar-refractivity contribution < 1.29 is 28.7 Å². The molecule has 2 aromatic carbocycles. The Bertz CT molecular complexity index is 947. The van der Waals surface area contributed by atoms with Crippen LogP contribution in [0.15, 0.2) is 60.7 Å². The Morgan fingerprint density at radius 2 is 1.48 bits per heavy atom. The lowest BCUT2D eigenvalue weighted by molar-refractivity contribution is -0.148. The second kappa shape index (κ2) is 9.88. The van der Waals surface area contributed by atoms with Crippen molar-refractivity contribution in [3.05, 3.63) is 71.8 Å². The van der Waals surface area contributed by atoms with Gasteiger partial charge in [0.25, 0.3) is 5.91 Å². The van der Waals surface area contributed by atoms with Crippen LogP contribution in [0.4, 0.5) is 4.79 Å². The highest BCUT2D eigenvalue weighted by Crippen LogP contribution is 2.30. The maximum absolute atomic E-state index is 12.9. The molecule has 0 bridgehead atoms. The molecule has 1 heterocycles. The van der Waals surface area contributed by atoms with E-state index >= 15 is 0 Å². The highest BCUT2D eigenvalue weighted by molar-refractivity contribution is 6.09. The van der Waals surface area contributed by atoms with Gasteiger partial charge in [0.15, 0.2) is 0 Å². The molecule has 2 aromatic rings. The number of carbonyl (C=O) groups is 4. The van der Waals surface area contributed by atoms with E-state index in [0.29, 0.717) is 0 Å². The molecule has 0 aromatic heterocycles. The molecule has 0 spiro atoms. The third kappa shape index (κ3) is 5.28. The summed E-state index contributed by atoms with van der Waals surface area (Å²) >= 11 is 0. The first-order valence-electron chi connectivity index (χ1n) is 9.97. The summed E-state index contributed by atoms with van der Waals surface area (Å²) < 4.78 is 10.6. The summed E-state index contributed by atoms with van der Waals surface area (Å²) in [6.45, 7) is 1.14. The molecule has 3 amide bonds. The minimum atomic E-state index is -1.50. The number of esters is 1. The molecule has 1 aliphatic heterocycles. The van der Waals surface area contributed by atoms with Crippen LogP contribution in [0.2, 0.25) is 0 Å². The fourth-order valence-electron chi connectivity index (χ4n) is 3.43. The lowest BCUT2D eigenvalue weighted by Gasteiger charge is -2.36. The van der Waals surface area contributed by atoms with Crippen LogP contribution in [0.3, 0.4) is 0 Å². The van der Waals surface area contributed by atoms with Crippen molar-refractivity contribution in [2.45, 2.75) is 38.5 Å². The Morgan fingerprint density at radius 1 is 0.935 bits per heavy atom. The standard InChI is InChI=1S/C23H24N2O6/c1-2-23(13-19(26)24-21(23)28)25(22(29)31-16-18-11-7-4-8-12-18)14-20(27)30-15-17-9-5-3-6-10-17/h3-12H,2,13-16H2,1H3,(H,24,26,28). The van der Waals surface area contributed by atoms with Crippen LogP contribution in [0.5, 0.6) is 0 Å². The van der Waals surface area contributed by atoms with Gasteiger partial charge in [-0.15, -0.1) is 0 Å². The summed E-state index contributed by atoms with van der Waals surface area (Å²) in [5.74, 6) is -1.85. The first-order chi connectivity index (χ1) is 14.9. The summed E-state index contributed by atoms with van der Waals surface area (Å²) in [6.07, 6.45) is -0.974. The van der Waals surface area contributed by atoms with Gasteiger partial charge in [-0.2, -0.15) is 0 Å². The largest absolute Gasteiger partial charge is 0.459 e. The van der Waals surface area contributed by atoms with Crippen LogP contribution in [0.25, 0.3) is 0 Å². The van der Waals surface area contributed by atoms with Gasteiger partial charge in [0, 0.05) is 0 Å². The number of benzene rings is 2. The molecule has 8 nitrogen and oxygen atoms in total. The predicted molar refractivity (Wildman–Crippen MR) is 110 cm³/mol. The molecular weight excluding hydrogens is 400 g/mol. The van der Waals surface area contributed by atoms with Crippen LogP contribution >= 0.6 is 0 Å². The van der Waals surface area contributed by atoms with Gasteiger partial charge < -0.3 is 9.47 Å². The first-order valence-corrected chi connectivity index (χ1v) is 9.97. The molecule has 8 heteroatoms. The first kappa shape index (κ1) is 22.0. The average Bonchev–Trinajstić information content (AvgIpc) is 3.09. The molecule has 1 fully saturated rings. The molecule has 1 unspecified atom stereocenters. The summed E-state index contributed by atoms with van der Waals surface area (Å²) in [5.41, 5.74) is 0.0318. The van der Waals surface area contributed by atoms with Crippen molar-refractivity contribution in [1.29, 1.82) is 0 Å². The number of nitrogens with zero attached hydrogens (tertiary/aromatic N) is 1. The Hall–Kier alpha value is -3.68. The van der Waals surface area contributed by atoms with Crippen LogP contribution in [-0.4, -0.2) is 40.9 Å². The minimum absolute atomic E-state index is 0.0246. The number of ether oxygens (including phenoxy) is 2. The number of imide groups is 1. The summed E-state index contributed by atoms with van der Waals surface area (Å²) in [4.78, 5) is 50.9. The zero-order valence-electron chi connectivity index (χ0n) is 17.2. The molecule has 162 valence electrons. The van der Waals surface area contributed by atoms with Gasteiger partial charge in [-0.05, 0) is 17.5 Å². The lowest BCUT2D eigenvalue weighted by atomic mass is 9.92. The molecule has 3 rings (SSSR count). The van der Waals surface area contributed by atoms with E-state index in [9.17, 15) is 19.2 Å². The van der Waals surface area contributed by atoms with E-state index in [1.165, 1.54) is 0 Å². The Morgan fingerprint density at radius 3 is 1.97 bits per heavy atom. The van der Waals surface area contributed by atoms with E-state index in [2.05, 4.69) is 5.32 Å². The predicted octanol–water partition coefficient (Wildman–Crippen LogP) is 2.56. The lowest BCUT2D eigenvalue weighted by Crippen LogP contribution is -2.57. The van der Waals surface area contributed by atoms with Crippen molar-refractivity contribution in [3.8, 4) is 0 Å². The van der Waals surface area contributed by atoms with Gasteiger partial charge in [-0.3, -0.25) is 24.6 Å². The number of amides is 3. The quantitative estimate of drug-likeness (QED) is 0.516. The number of hydrogen-bond donors (Lipinski definition) is 1. The molecule has 0 saturated carbocycles. The third-order valence-corrected chi connectivity index (χ3v) is 5.19. The molecule has 1 N–H and O–H groups in total. The maximum atomic E-state index is 12.9. The van der Waals surface area contributed by atoms with E-state index in [0.717, 1.165) is 16.0 Å². The SMILES string of the molecule is CCC1(N(CC(=O)OCc2ccccc2)C(=O)OCc2ccccc2)CC(=O)NC1=O. The third-order valence-electron chi connectivity index (χ3n) is 5.19. The van der Waals surface area contributed by atoms with Crippen molar-refractivity contribution >= 4 is 23.9 Å². The van der Waals surface area contributed by atoms with E-state index in [1.807, 2.05) is 24.3 Å². The van der Waals surface area contributed by atoms with Crippen LogP contribution < -0.4 is 5.32 Å². The van der Waals surface area contributed by atoms with Crippen LogP contribution in [-0.2, 0) is 37.1 Å². The molecule has 0 radical (unpaired) electrons. The summed E-state index contributed by atoms with van der Waals surface area (Å²) in [5, 5.41) is 2.22. The molecule has 1 atom stereocenters. The minimum Gasteiger partial charge on any atom is -0.459 e. The number of nitrogens with one attached hydrogen (secondary N) is 1. The Kier molecular flexibility index (Phi) is 7.02. The molecule has 1 saturated heterocycles. The molecule has 31 heavy (non-hydrogen) atoms. The maximum Gasteiger partial charge on any atom is 0.411 e. The van der Waals surface area contributed by atoms with E-state index < -0.39 is 36.0 Å². The summed E-state index contributed by atoms with van der Waals surface area (Å²) in [7, 11) is 0. The second-order valence-corrected chi connectivity index (χ2v) is 7.21. The highest BCUT2D eigenvalue weighted by Gasteiger charge is 2.53. The van der Waals surface area contributed by atoms with Gasteiger partial charge in [-0.1, -0.05) is 67.6 Å². The van der Waals surface area contributed by atoms with Crippen LogP contribution in [0, 0.1) is 0 Å². The Balaban J connectivity index is 1.74. The smallest absolute Gasteiger partial charge is 0.411 e. The monoisotopic (exact) mass is 424 g/mol. The Labute approximate surface area is 180 Å². The number of carbonyl (C=O) groups excluding carboxylic acids is 4. The van der Waals surface area contributed by atoms with E-state index in [1.54, 1.807) is 43.3 Å². The highest BCUT2D eigenvalue weighted by atomic mass is 16.6. The van der Waals surface area contributed by atoms with E-state index in [-0.39, 0.29) is 26.1 Å². The van der Waals surface area contributed by atoms with Crippen molar-refractivity contribution in [1.82, 2.24) is 10.2 Å². The zero-order chi connectivity index (χ0) is 22.3. The fraction of sp³-hybridized carbons (Fsp3) is 0.304. The zero-order valence-corrected chi connectivity index (χ0v) is 17.2. The fourth-order valence-corrected chi connectivity index (χ4v) is 3.43. The van der Waals surface area contributed by atoms with Gasteiger partial charge in [0.1, 0.15) is 25.3 Å². The number of rotatable bonds is 8. The molecule has 0 aliphatic carbocycles. The van der Waals surface area contributed by atoms with Gasteiger partial charge in [0.05, 0.1) is 6.42 Å². The topological polar surface area (TPSA) is 102 Å². The van der Waals surface area contributed by atoms with Crippen molar-refractivity contribution in [2.24, 2.45) is 0 Å². The average molecular weight is 424 g/mol. The van der Waals surface area contributed by atoms with Gasteiger partial charge >= 0.3 is 12.1 Å². The van der Waals surface area contributed by atoms with Crippen LogP contribution in [0.1, 0.15) is 30.9 Å². The summed E-state index contributed by atoms with van der Waals surface area (Å²) in [6, 6.07) is 18.1. The normalized spacial score (nSPS) is 17.7. The molecule has 1 aliphatic rings. The van der Waals surface area contributed by atoms with Gasteiger partial charge in [-0.25, -0.2) is 4.79 Å². The van der Waals surface area contributed by atoms with E-state index in [4.69, 9.17) is 9.47 Å².